The van der Waals surface area contributed by atoms with E-state index in [0.717, 1.165) is 26.0 Å². The number of amides is 1. The topological polar surface area (TPSA) is 38.3 Å². The molecule has 2 unspecified atom stereocenters. The van der Waals surface area contributed by atoms with E-state index in [9.17, 15) is 4.79 Å². The van der Waals surface area contributed by atoms with Crippen LogP contribution in [0.4, 0.5) is 0 Å². The summed E-state index contributed by atoms with van der Waals surface area (Å²) in [7, 11) is 0. The maximum Gasteiger partial charge on any atom is 0.243 e. The van der Waals surface area contributed by atoms with E-state index in [2.05, 4.69) is 25.7 Å². The Kier molecular flexibility index (Phi) is 4.82. The van der Waals surface area contributed by atoms with Gasteiger partial charge in [0, 0.05) is 13.2 Å². The van der Waals surface area contributed by atoms with Crippen molar-refractivity contribution in [1.82, 2.24) is 5.32 Å². The van der Waals surface area contributed by atoms with Crippen LogP contribution in [0.2, 0.25) is 0 Å². The first kappa shape index (κ1) is 12.2. The lowest BCUT2D eigenvalue weighted by atomic mass is 9.90. The summed E-state index contributed by atoms with van der Waals surface area (Å²) < 4.78 is 5.67. The van der Waals surface area contributed by atoms with E-state index in [1.807, 2.05) is 0 Å². The van der Waals surface area contributed by atoms with Crippen molar-refractivity contribution >= 4 is 5.91 Å². The molecule has 0 spiro atoms. The van der Waals surface area contributed by atoms with E-state index < -0.39 is 0 Å². The maximum atomic E-state index is 11.0. The Labute approximate surface area is 91.9 Å². The number of rotatable bonds is 4. The number of hydrogen-bond donors (Lipinski definition) is 1. The molecular weight excluding hydrogens is 190 g/mol. The zero-order chi connectivity index (χ0) is 11.3. The highest BCUT2D eigenvalue weighted by atomic mass is 16.5. The molecule has 0 saturated carbocycles. The minimum atomic E-state index is -0.0809. The van der Waals surface area contributed by atoms with Gasteiger partial charge in [-0.05, 0) is 30.8 Å². The van der Waals surface area contributed by atoms with Gasteiger partial charge in [-0.25, -0.2) is 0 Å². The maximum absolute atomic E-state index is 11.0. The molecule has 3 heteroatoms. The predicted octanol–water partition coefficient (Wildman–Crippen LogP) is 1.74. The molecule has 1 rings (SSSR count). The molecule has 2 atom stereocenters. The summed E-state index contributed by atoms with van der Waals surface area (Å²) in [5, 5.41) is 2.85. The largest absolute Gasteiger partial charge is 0.378 e. The summed E-state index contributed by atoms with van der Waals surface area (Å²) >= 11 is 0. The Balaban J connectivity index is 2.30. The van der Waals surface area contributed by atoms with Crippen molar-refractivity contribution in [3.63, 3.8) is 0 Å². The van der Waals surface area contributed by atoms with E-state index in [0.29, 0.717) is 17.9 Å². The van der Waals surface area contributed by atoms with Gasteiger partial charge in [-0.1, -0.05) is 20.4 Å². The lowest BCUT2D eigenvalue weighted by Gasteiger charge is -2.31. The molecule has 1 saturated heterocycles. The highest BCUT2D eigenvalue weighted by Crippen LogP contribution is 2.24. The van der Waals surface area contributed by atoms with Crippen LogP contribution in [0, 0.1) is 11.8 Å². The minimum absolute atomic E-state index is 0.0809. The van der Waals surface area contributed by atoms with Crippen molar-refractivity contribution in [2.24, 2.45) is 11.8 Å². The van der Waals surface area contributed by atoms with E-state index in [1.54, 1.807) is 0 Å². The Hall–Kier alpha value is -0.830. The van der Waals surface area contributed by atoms with Crippen molar-refractivity contribution in [1.29, 1.82) is 0 Å². The minimum Gasteiger partial charge on any atom is -0.378 e. The molecule has 0 bridgehead atoms. The van der Waals surface area contributed by atoms with Gasteiger partial charge in [-0.3, -0.25) is 4.79 Å². The van der Waals surface area contributed by atoms with Crippen molar-refractivity contribution in [3.05, 3.63) is 12.7 Å². The smallest absolute Gasteiger partial charge is 0.243 e. The summed E-state index contributed by atoms with van der Waals surface area (Å²) in [5.74, 6) is 1.03. The molecule has 15 heavy (non-hydrogen) atoms. The van der Waals surface area contributed by atoms with Crippen LogP contribution < -0.4 is 5.32 Å². The molecule has 1 aliphatic heterocycles. The molecule has 0 radical (unpaired) electrons. The van der Waals surface area contributed by atoms with Crippen LogP contribution in [0.25, 0.3) is 0 Å². The summed E-state index contributed by atoms with van der Waals surface area (Å²) in [6.45, 7) is 9.35. The van der Waals surface area contributed by atoms with Crippen molar-refractivity contribution in [3.8, 4) is 0 Å². The molecule has 0 aliphatic carbocycles. The average molecular weight is 211 g/mol. The van der Waals surface area contributed by atoms with E-state index in [1.165, 1.54) is 6.08 Å². The Morgan fingerprint density at radius 2 is 2.40 bits per heavy atom. The lowest BCUT2D eigenvalue weighted by molar-refractivity contribution is -0.117. The molecule has 1 aliphatic rings. The fourth-order valence-electron chi connectivity index (χ4n) is 1.87. The summed E-state index contributed by atoms with van der Waals surface area (Å²) in [6, 6.07) is 0. The fraction of sp³-hybridized carbons (Fsp3) is 0.750. The summed E-state index contributed by atoms with van der Waals surface area (Å²) in [5.41, 5.74) is 0. The van der Waals surface area contributed by atoms with Crippen LogP contribution in [0.15, 0.2) is 12.7 Å². The molecule has 1 fully saturated rings. The molecular formula is C12H21NO2. The van der Waals surface area contributed by atoms with Crippen LogP contribution in [-0.4, -0.2) is 25.2 Å². The Morgan fingerprint density at radius 1 is 1.67 bits per heavy atom. The molecule has 1 amide bonds. The second-order valence-corrected chi connectivity index (χ2v) is 4.49. The van der Waals surface area contributed by atoms with Crippen LogP contribution in [0.3, 0.4) is 0 Å². The monoisotopic (exact) mass is 211 g/mol. The van der Waals surface area contributed by atoms with Crippen molar-refractivity contribution < 1.29 is 9.53 Å². The van der Waals surface area contributed by atoms with Gasteiger partial charge in [-0.2, -0.15) is 0 Å². The number of nitrogens with one attached hydrogen (secondary N) is 1. The van der Waals surface area contributed by atoms with Crippen LogP contribution >= 0.6 is 0 Å². The van der Waals surface area contributed by atoms with E-state index >= 15 is 0 Å². The SMILES string of the molecule is C=CC(=O)NCC1CCOC(C(C)C)C1. The van der Waals surface area contributed by atoms with Gasteiger partial charge in [0.15, 0.2) is 0 Å². The fourth-order valence-corrected chi connectivity index (χ4v) is 1.87. The highest BCUT2D eigenvalue weighted by Gasteiger charge is 2.24. The number of carbonyl (C=O) groups is 1. The number of hydrogen-bond acceptors (Lipinski definition) is 2. The predicted molar refractivity (Wildman–Crippen MR) is 60.5 cm³/mol. The molecule has 3 nitrogen and oxygen atoms in total. The van der Waals surface area contributed by atoms with Crippen molar-refractivity contribution in [2.75, 3.05) is 13.2 Å². The zero-order valence-corrected chi connectivity index (χ0v) is 9.66. The zero-order valence-electron chi connectivity index (χ0n) is 9.66. The molecule has 0 aromatic carbocycles. The van der Waals surface area contributed by atoms with Crippen molar-refractivity contribution in [2.45, 2.75) is 32.8 Å². The number of ether oxygens (including phenoxy) is 1. The first-order valence-electron chi connectivity index (χ1n) is 5.65. The van der Waals surface area contributed by atoms with Gasteiger partial charge in [0.25, 0.3) is 0 Å². The lowest BCUT2D eigenvalue weighted by Crippen LogP contribution is -2.36. The van der Waals surface area contributed by atoms with Gasteiger partial charge in [0.1, 0.15) is 0 Å². The quantitative estimate of drug-likeness (QED) is 0.719. The van der Waals surface area contributed by atoms with Gasteiger partial charge in [-0.15, -0.1) is 0 Å². The molecule has 1 N–H and O–H groups in total. The van der Waals surface area contributed by atoms with Gasteiger partial charge < -0.3 is 10.1 Å². The van der Waals surface area contributed by atoms with Gasteiger partial charge >= 0.3 is 0 Å². The standard InChI is InChI=1S/C12H21NO2/c1-4-12(14)13-8-10-5-6-15-11(7-10)9(2)3/h4,9-11H,1,5-8H2,2-3H3,(H,13,14). The summed E-state index contributed by atoms with van der Waals surface area (Å²) in [4.78, 5) is 11.0. The average Bonchev–Trinajstić information content (AvgIpc) is 2.26. The Morgan fingerprint density at radius 3 is 3.00 bits per heavy atom. The number of carbonyl (C=O) groups excluding carboxylic acids is 1. The van der Waals surface area contributed by atoms with Crippen LogP contribution in [-0.2, 0) is 9.53 Å². The molecule has 1 heterocycles. The first-order chi connectivity index (χ1) is 7.13. The summed E-state index contributed by atoms with van der Waals surface area (Å²) in [6.07, 6.45) is 3.76. The molecule has 0 aromatic heterocycles. The molecule has 0 aromatic rings. The molecule has 86 valence electrons. The normalized spacial score (nSPS) is 26.3. The van der Waals surface area contributed by atoms with Crippen LogP contribution in [0.1, 0.15) is 26.7 Å². The third-order valence-electron chi connectivity index (χ3n) is 2.92. The van der Waals surface area contributed by atoms with Crippen LogP contribution in [0.5, 0.6) is 0 Å². The van der Waals surface area contributed by atoms with E-state index in [-0.39, 0.29) is 5.91 Å². The third-order valence-corrected chi connectivity index (χ3v) is 2.92. The second kappa shape index (κ2) is 5.91. The second-order valence-electron chi connectivity index (χ2n) is 4.49. The Bertz CT molecular complexity index is 226. The van der Waals surface area contributed by atoms with Gasteiger partial charge in [0.05, 0.1) is 6.10 Å². The third kappa shape index (κ3) is 4.04. The first-order valence-corrected chi connectivity index (χ1v) is 5.65. The highest BCUT2D eigenvalue weighted by molar-refractivity contribution is 5.86. The van der Waals surface area contributed by atoms with Gasteiger partial charge in [0.2, 0.25) is 5.91 Å². The van der Waals surface area contributed by atoms with E-state index in [4.69, 9.17) is 4.74 Å².